The molecule has 0 spiro atoms. The molecule has 0 saturated carbocycles. The Morgan fingerprint density at radius 1 is 1.29 bits per heavy atom. The Kier molecular flexibility index (Phi) is 6.08. The van der Waals surface area contributed by atoms with Gasteiger partial charge in [-0.05, 0) is 38.9 Å². The molecule has 1 N–H and O–H groups in total. The lowest BCUT2D eigenvalue weighted by Crippen LogP contribution is -2.19. The lowest BCUT2D eigenvalue weighted by molar-refractivity contribution is 0.141. The van der Waals surface area contributed by atoms with E-state index in [1.165, 1.54) is 18.2 Å². The number of halogens is 2. The molecule has 0 radical (unpaired) electrons. The second-order valence-electron chi connectivity index (χ2n) is 3.82. The number of ether oxygens (including phenoxy) is 1. The zero-order chi connectivity index (χ0) is 12.7. The predicted molar refractivity (Wildman–Crippen MR) is 63.9 cm³/mol. The van der Waals surface area contributed by atoms with Gasteiger partial charge in [0, 0.05) is 24.8 Å². The van der Waals surface area contributed by atoms with Crippen LogP contribution < -0.4 is 5.32 Å². The summed E-state index contributed by atoms with van der Waals surface area (Å²) in [5.74, 6) is -0.999. The first-order chi connectivity index (χ1) is 8.20. The van der Waals surface area contributed by atoms with E-state index in [-0.39, 0.29) is 11.6 Å². The molecule has 0 saturated heterocycles. The minimum absolute atomic E-state index is 0.117. The molecule has 1 unspecified atom stereocenters. The van der Waals surface area contributed by atoms with Crippen LogP contribution in [0.25, 0.3) is 0 Å². The minimum Gasteiger partial charge on any atom is -0.382 e. The Hall–Kier alpha value is -1.00. The summed E-state index contributed by atoms with van der Waals surface area (Å²) in [5.41, 5.74) is 0.117. The fourth-order valence-electron chi connectivity index (χ4n) is 1.81. The monoisotopic (exact) mass is 243 g/mol. The van der Waals surface area contributed by atoms with E-state index < -0.39 is 11.6 Å². The molecule has 1 rings (SSSR count). The lowest BCUT2D eigenvalue weighted by Gasteiger charge is -2.17. The summed E-state index contributed by atoms with van der Waals surface area (Å²) in [6.07, 6.45) is 1.42. The molecule has 17 heavy (non-hydrogen) atoms. The van der Waals surface area contributed by atoms with Crippen molar-refractivity contribution < 1.29 is 13.5 Å². The van der Waals surface area contributed by atoms with Crippen molar-refractivity contribution in [3.63, 3.8) is 0 Å². The third-order valence-electron chi connectivity index (χ3n) is 2.68. The molecule has 0 aromatic heterocycles. The van der Waals surface area contributed by atoms with Crippen LogP contribution in [0.3, 0.4) is 0 Å². The number of rotatable bonds is 7. The maximum Gasteiger partial charge on any atom is 0.130 e. The van der Waals surface area contributed by atoms with E-state index in [0.717, 1.165) is 6.42 Å². The van der Waals surface area contributed by atoms with Gasteiger partial charge in [-0.2, -0.15) is 0 Å². The normalized spacial score (nSPS) is 12.7. The molecule has 96 valence electrons. The van der Waals surface area contributed by atoms with Gasteiger partial charge in [0.1, 0.15) is 11.6 Å². The SMILES string of the molecule is CCOCCCC(NC)c1c(F)cccc1F. The van der Waals surface area contributed by atoms with Crippen molar-refractivity contribution in [2.24, 2.45) is 0 Å². The molecule has 1 atom stereocenters. The summed E-state index contributed by atoms with van der Waals surface area (Å²) in [7, 11) is 1.71. The average Bonchev–Trinajstić information content (AvgIpc) is 2.31. The Bertz CT molecular complexity index is 324. The van der Waals surface area contributed by atoms with E-state index in [0.29, 0.717) is 19.6 Å². The Balaban J connectivity index is 2.66. The zero-order valence-electron chi connectivity index (χ0n) is 10.3. The van der Waals surface area contributed by atoms with Crippen LogP contribution in [0.4, 0.5) is 8.78 Å². The van der Waals surface area contributed by atoms with Gasteiger partial charge in [-0.15, -0.1) is 0 Å². The molecule has 0 heterocycles. The average molecular weight is 243 g/mol. The van der Waals surface area contributed by atoms with Gasteiger partial charge < -0.3 is 10.1 Å². The van der Waals surface area contributed by atoms with Gasteiger partial charge in [0.25, 0.3) is 0 Å². The van der Waals surface area contributed by atoms with Crippen molar-refractivity contribution in [3.05, 3.63) is 35.4 Å². The van der Waals surface area contributed by atoms with Crippen molar-refractivity contribution in [1.82, 2.24) is 5.32 Å². The number of benzene rings is 1. The highest BCUT2D eigenvalue weighted by Crippen LogP contribution is 2.24. The largest absolute Gasteiger partial charge is 0.382 e. The van der Waals surface area contributed by atoms with Gasteiger partial charge in [0.15, 0.2) is 0 Å². The summed E-state index contributed by atoms with van der Waals surface area (Å²) >= 11 is 0. The van der Waals surface area contributed by atoms with Crippen molar-refractivity contribution >= 4 is 0 Å². The standard InChI is InChI=1S/C13H19F2NO/c1-3-17-9-5-8-12(16-2)13-10(14)6-4-7-11(13)15/h4,6-7,12,16H,3,5,8-9H2,1-2H3. The number of nitrogens with one attached hydrogen (secondary N) is 1. The molecule has 0 aliphatic heterocycles. The molecule has 2 nitrogen and oxygen atoms in total. The molecule has 0 aliphatic rings. The smallest absolute Gasteiger partial charge is 0.130 e. The summed E-state index contributed by atoms with van der Waals surface area (Å²) in [4.78, 5) is 0. The highest BCUT2D eigenvalue weighted by atomic mass is 19.1. The topological polar surface area (TPSA) is 21.3 Å². The molecule has 4 heteroatoms. The fraction of sp³-hybridized carbons (Fsp3) is 0.538. The molecule has 0 bridgehead atoms. The Labute approximate surface area is 101 Å². The van der Waals surface area contributed by atoms with Crippen LogP contribution in [-0.2, 0) is 4.74 Å². The quantitative estimate of drug-likeness (QED) is 0.743. The molecule has 1 aromatic rings. The van der Waals surface area contributed by atoms with Crippen LogP contribution in [0.1, 0.15) is 31.4 Å². The zero-order valence-corrected chi connectivity index (χ0v) is 10.3. The highest BCUT2D eigenvalue weighted by Gasteiger charge is 2.17. The first-order valence-electron chi connectivity index (χ1n) is 5.89. The van der Waals surface area contributed by atoms with Gasteiger partial charge in [-0.25, -0.2) is 8.78 Å². The Morgan fingerprint density at radius 3 is 2.47 bits per heavy atom. The molecule has 0 amide bonds. The maximum absolute atomic E-state index is 13.6. The molecular weight excluding hydrogens is 224 g/mol. The van der Waals surface area contributed by atoms with E-state index >= 15 is 0 Å². The lowest BCUT2D eigenvalue weighted by atomic mass is 10.0. The van der Waals surface area contributed by atoms with Crippen LogP contribution in [0.2, 0.25) is 0 Å². The molecule has 1 aromatic carbocycles. The number of hydrogen-bond donors (Lipinski definition) is 1. The highest BCUT2D eigenvalue weighted by molar-refractivity contribution is 5.23. The molecule has 0 aliphatic carbocycles. The minimum atomic E-state index is -0.499. The summed E-state index contributed by atoms with van der Waals surface area (Å²) in [6.45, 7) is 3.20. The van der Waals surface area contributed by atoms with Crippen molar-refractivity contribution in [2.45, 2.75) is 25.8 Å². The Morgan fingerprint density at radius 2 is 1.94 bits per heavy atom. The first-order valence-corrected chi connectivity index (χ1v) is 5.89. The van der Waals surface area contributed by atoms with Crippen molar-refractivity contribution in [3.8, 4) is 0 Å². The van der Waals surface area contributed by atoms with Crippen LogP contribution in [0, 0.1) is 11.6 Å². The molecule has 0 fully saturated rings. The van der Waals surface area contributed by atoms with E-state index in [2.05, 4.69) is 5.32 Å². The fourth-order valence-corrected chi connectivity index (χ4v) is 1.81. The third-order valence-corrected chi connectivity index (χ3v) is 2.68. The first kappa shape index (κ1) is 14.1. The molecular formula is C13H19F2NO. The van der Waals surface area contributed by atoms with Gasteiger partial charge in [0.2, 0.25) is 0 Å². The van der Waals surface area contributed by atoms with E-state index in [1.807, 2.05) is 6.92 Å². The maximum atomic E-state index is 13.6. The van der Waals surface area contributed by atoms with E-state index in [1.54, 1.807) is 7.05 Å². The summed E-state index contributed by atoms with van der Waals surface area (Å²) < 4.78 is 32.3. The van der Waals surface area contributed by atoms with E-state index in [9.17, 15) is 8.78 Å². The predicted octanol–water partition coefficient (Wildman–Crippen LogP) is 3.04. The summed E-state index contributed by atoms with van der Waals surface area (Å²) in [6, 6.07) is 3.63. The second kappa shape index (κ2) is 7.35. The summed E-state index contributed by atoms with van der Waals surface area (Å²) in [5, 5.41) is 2.94. The van der Waals surface area contributed by atoms with E-state index in [4.69, 9.17) is 4.74 Å². The third kappa shape index (κ3) is 4.06. The second-order valence-corrected chi connectivity index (χ2v) is 3.82. The van der Waals surface area contributed by atoms with Crippen LogP contribution in [0.5, 0.6) is 0 Å². The van der Waals surface area contributed by atoms with Crippen LogP contribution >= 0.6 is 0 Å². The van der Waals surface area contributed by atoms with Gasteiger partial charge in [-0.1, -0.05) is 6.07 Å². The van der Waals surface area contributed by atoms with Gasteiger partial charge in [-0.3, -0.25) is 0 Å². The van der Waals surface area contributed by atoms with Crippen molar-refractivity contribution in [1.29, 1.82) is 0 Å². The number of hydrogen-bond acceptors (Lipinski definition) is 2. The van der Waals surface area contributed by atoms with Crippen LogP contribution in [0.15, 0.2) is 18.2 Å². The van der Waals surface area contributed by atoms with Crippen molar-refractivity contribution in [2.75, 3.05) is 20.3 Å². The van der Waals surface area contributed by atoms with Gasteiger partial charge >= 0.3 is 0 Å². The van der Waals surface area contributed by atoms with Gasteiger partial charge in [0.05, 0.1) is 0 Å². The van der Waals surface area contributed by atoms with Crippen LogP contribution in [-0.4, -0.2) is 20.3 Å².